The van der Waals surface area contributed by atoms with Crippen molar-refractivity contribution in [3.05, 3.63) is 96.4 Å². The summed E-state index contributed by atoms with van der Waals surface area (Å²) in [6.45, 7) is 0.335. The van der Waals surface area contributed by atoms with Crippen molar-refractivity contribution in [2.75, 3.05) is 5.32 Å². The predicted molar refractivity (Wildman–Crippen MR) is 117 cm³/mol. The van der Waals surface area contributed by atoms with E-state index < -0.39 is 0 Å². The van der Waals surface area contributed by atoms with E-state index in [4.69, 9.17) is 4.74 Å². The molecule has 3 heterocycles. The Morgan fingerprint density at radius 1 is 0.900 bits per heavy atom. The van der Waals surface area contributed by atoms with Crippen LogP contribution in [0.5, 0.6) is 5.88 Å². The number of nitrogens with zero attached hydrogens (tertiary/aromatic N) is 2. The van der Waals surface area contributed by atoms with Crippen LogP contribution in [0.4, 0.5) is 5.69 Å². The molecule has 3 aromatic heterocycles. The fourth-order valence-electron chi connectivity index (χ4n) is 3.43. The number of H-pyrrole nitrogens is 1. The van der Waals surface area contributed by atoms with Gasteiger partial charge in [-0.05, 0) is 30.3 Å². The van der Waals surface area contributed by atoms with Crippen LogP contribution in [0.3, 0.4) is 0 Å². The molecule has 5 aromatic rings. The second kappa shape index (κ2) is 7.67. The summed E-state index contributed by atoms with van der Waals surface area (Å²) in [5, 5.41) is 5.02. The first-order valence-corrected chi connectivity index (χ1v) is 9.57. The van der Waals surface area contributed by atoms with Gasteiger partial charge in [0.05, 0.1) is 28.7 Å². The Balaban J connectivity index is 1.33. The van der Waals surface area contributed by atoms with Gasteiger partial charge >= 0.3 is 0 Å². The molecule has 0 aliphatic carbocycles. The van der Waals surface area contributed by atoms with Crippen molar-refractivity contribution < 1.29 is 9.53 Å². The monoisotopic (exact) mass is 394 g/mol. The Kier molecular flexibility index (Phi) is 4.57. The highest BCUT2D eigenvalue weighted by Gasteiger charge is 2.14. The van der Waals surface area contributed by atoms with E-state index in [-0.39, 0.29) is 5.91 Å². The number of ether oxygens (including phenoxy) is 1. The SMILES string of the molecule is O=C(Nc1ccc(OCc2ccccn2)nc1)c1cccc2c1[nH]c1ccccc12. The maximum absolute atomic E-state index is 12.9. The van der Waals surface area contributed by atoms with Gasteiger partial charge in [-0.1, -0.05) is 36.4 Å². The molecule has 2 N–H and O–H groups in total. The van der Waals surface area contributed by atoms with Crippen LogP contribution in [0.1, 0.15) is 16.1 Å². The van der Waals surface area contributed by atoms with Gasteiger partial charge in [-0.15, -0.1) is 0 Å². The largest absolute Gasteiger partial charge is 0.471 e. The van der Waals surface area contributed by atoms with E-state index in [0.29, 0.717) is 23.7 Å². The van der Waals surface area contributed by atoms with Gasteiger partial charge in [0.15, 0.2) is 0 Å². The van der Waals surface area contributed by atoms with Crippen LogP contribution >= 0.6 is 0 Å². The van der Waals surface area contributed by atoms with E-state index in [1.165, 1.54) is 0 Å². The smallest absolute Gasteiger partial charge is 0.257 e. The van der Waals surface area contributed by atoms with Crippen LogP contribution in [0, 0.1) is 0 Å². The molecular formula is C24H18N4O2. The molecule has 6 nitrogen and oxygen atoms in total. The predicted octanol–water partition coefficient (Wildman–Crippen LogP) is 4.94. The lowest BCUT2D eigenvalue weighted by atomic mass is 10.1. The highest BCUT2D eigenvalue weighted by molar-refractivity contribution is 6.17. The molecule has 6 heteroatoms. The van der Waals surface area contributed by atoms with Crippen molar-refractivity contribution in [3.63, 3.8) is 0 Å². The van der Waals surface area contributed by atoms with Gasteiger partial charge in [0, 0.05) is 28.6 Å². The molecule has 5 rings (SSSR count). The Morgan fingerprint density at radius 3 is 2.60 bits per heavy atom. The molecule has 0 radical (unpaired) electrons. The van der Waals surface area contributed by atoms with E-state index >= 15 is 0 Å². The molecular weight excluding hydrogens is 376 g/mol. The van der Waals surface area contributed by atoms with E-state index in [0.717, 1.165) is 27.5 Å². The molecule has 30 heavy (non-hydrogen) atoms. The average Bonchev–Trinajstić information content (AvgIpc) is 3.18. The molecule has 1 amide bonds. The minimum absolute atomic E-state index is 0.198. The summed E-state index contributed by atoms with van der Waals surface area (Å²) in [7, 11) is 0. The molecule has 2 aromatic carbocycles. The number of anilines is 1. The lowest BCUT2D eigenvalue weighted by Gasteiger charge is -2.08. The number of rotatable bonds is 5. The third kappa shape index (κ3) is 3.46. The van der Waals surface area contributed by atoms with Crippen LogP contribution in [0.25, 0.3) is 21.8 Å². The first-order chi connectivity index (χ1) is 14.8. The second-order valence-corrected chi connectivity index (χ2v) is 6.85. The van der Waals surface area contributed by atoms with Gasteiger partial charge in [-0.2, -0.15) is 0 Å². The van der Waals surface area contributed by atoms with Gasteiger partial charge in [0.1, 0.15) is 6.61 Å². The average molecular weight is 394 g/mol. The molecule has 0 atom stereocenters. The number of carbonyl (C=O) groups excluding carboxylic acids is 1. The number of nitrogens with one attached hydrogen (secondary N) is 2. The molecule has 0 unspecified atom stereocenters. The summed E-state index contributed by atoms with van der Waals surface area (Å²) in [6.07, 6.45) is 3.30. The number of aromatic nitrogens is 3. The number of hydrogen-bond acceptors (Lipinski definition) is 4. The van der Waals surface area contributed by atoms with E-state index in [2.05, 4.69) is 20.3 Å². The van der Waals surface area contributed by atoms with Crippen molar-refractivity contribution in [1.29, 1.82) is 0 Å². The Labute approximate surface area is 172 Å². The molecule has 0 aliphatic rings. The number of fused-ring (bicyclic) bond motifs is 3. The number of amides is 1. The number of benzene rings is 2. The zero-order valence-electron chi connectivity index (χ0n) is 16.0. The van der Waals surface area contributed by atoms with Gasteiger partial charge in [0.25, 0.3) is 5.91 Å². The number of carbonyl (C=O) groups is 1. The Morgan fingerprint density at radius 2 is 1.77 bits per heavy atom. The molecule has 0 aliphatic heterocycles. The highest BCUT2D eigenvalue weighted by atomic mass is 16.5. The fraction of sp³-hybridized carbons (Fsp3) is 0.0417. The zero-order valence-corrected chi connectivity index (χ0v) is 16.0. The molecule has 146 valence electrons. The standard InChI is InChI=1S/C24H18N4O2/c29-24(20-9-5-8-19-18-7-1-2-10-21(18)28-23(19)20)27-16-11-12-22(26-14-16)30-15-17-6-3-4-13-25-17/h1-14,28H,15H2,(H,27,29). The summed E-state index contributed by atoms with van der Waals surface area (Å²) >= 11 is 0. The zero-order chi connectivity index (χ0) is 20.3. The summed E-state index contributed by atoms with van der Waals surface area (Å²) in [5.74, 6) is 0.271. The summed E-state index contributed by atoms with van der Waals surface area (Å²) in [5.41, 5.74) is 3.82. The van der Waals surface area contributed by atoms with E-state index in [1.54, 1.807) is 24.5 Å². The number of hydrogen-bond donors (Lipinski definition) is 2. The third-order valence-electron chi connectivity index (χ3n) is 4.87. The first kappa shape index (κ1) is 17.9. The van der Waals surface area contributed by atoms with Crippen LogP contribution in [0.15, 0.2) is 85.2 Å². The summed E-state index contributed by atoms with van der Waals surface area (Å²) in [4.78, 5) is 24.7. The molecule has 0 bridgehead atoms. The highest BCUT2D eigenvalue weighted by Crippen LogP contribution is 2.28. The lowest BCUT2D eigenvalue weighted by molar-refractivity contribution is 0.102. The van der Waals surface area contributed by atoms with Crippen molar-refractivity contribution in [2.24, 2.45) is 0 Å². The Bertz CT molecular complexity index is 1330. The second-order valence-electron chi connectivity index (χ2n) is 6.85. The van der Waals surface area contributed by atoms with Crippen molar-refractivity contribution in [1.82, 2.24) is 15.0 Å². The number of pyridine rings is 2. The summed E-state index contributed by atoms with van der Waals surface area (Å²) < 4.78 is 5.64. The van der Waals surface area contributed by atoms with Crippen molar-refractivity contribution in [2.45, 2.75) is 6.61 Å². The lowest BCUT2D eigenvalue weighted by Crippen LogP contribution is -2.12. The maximum atomic E-state index is 12.9. The Hall–Kier alpha value is -4.19. The van der Waals surface area contributed by atoms with Crippen molar-refractivity contribution >= 4 is 33.4 Å². The topological polar surface area (TPSA) is 79.9 Å². The van der Waals surface area contributed by atoms with Gasteiger partial charge in [0.2, 0.25) is 5.88 Å². The summed E-state index contributed by atoms with van der Waals surface area (Å²) in [6, 6.07) is 22.9. The number of aromatic amines is 1. The first-order valence-electron chi connectivity index (χ1n) is 9.57. The molecule has 0 spiro atoms. The van der Waals surface area contributed by atoms with Crippen LogP contribution < -0.4 is 10.1 Å². The van der Waals surface area contributed by atoms with Crippen molar-refractivity contribution in [3.8, 4) is 5.88 Å². The van der Waals surface area contributed by atoms with Crippen LogP contribution in [-0.4, -0.2) is 20.9 Å². The normalized spacial score (nSPS) is 10.9. The third-order valence-corrected chi connectivity index (χ3v) is 4.87. The van der Waals surface area contributed by atoms with Gasteiger partial charge < -0.3 is 15.0 Å². The van der Waals surface area contributed by atoms with E-state index in [9.17, 15) is 4.79 Å². The minimum atomic E-state index is -0.198. The van der Waals surface area contributed by atoms with Crippen LogP contribution in [-0.2, 0) is 6.61 Å². The van der Waals surface area contributed by atoms with Gasteiger partial charge in [-0.3, -0.25) is 9.78 Å². The van der Waals surface area contributed by atoms with Crippen LogP contribution in [0.2, 0.25) is 0 Å². The van der Waals surface area contributed by atoms with Gasteiger partial charge in [-0.25, -0.2) is 4.98 Å². The minimum Gasteiger partial charge on any atom is -0.471 e. The fourth-order valence-corrected chi connectivity index (χ4v) is 3.43. The molecule has 0 saturated carbocycles. The molecule has 0 saturated heterocycles. The molecule has 0 fully saturated rings. The van der Waals surface area contributed by atoms with E-state index in [1.807, 2.05) is 60.7 Å². The number of para-hydroxylation sites is 2. The maximum Gasteiger partial charge on any atom is 0.257 e. The quantitative estimate of drug-likeness (QED) is 0.442.